The van der Waals surface area contributed by atoms with E-state index in [0.717, 1.165) is 34.6 Å². The topological polar surface area (TPSA) is 55.8 Å². The van der Waals surface area contributed by atoms with Crippen LogP contribution in [0.1, 0.15) is 49.7 Å². The molecular weight excluding hydrogens is 414 g/mol. The van der Waals surface area contributed by atoms with E-state index in [1.54, 1.807) is 18.1 Å². The summed E-state index contributed by atoms with van der Waals surface area (Å²) in [6.07, 6.45) is 2.13. The largest absolute Gasteiger partial charge is 0.495 e. The Labute approximate surface area is 187 Å². The normalized spacial score (nSPS) is 18.8. The molecule has 1 aliphatic heterocycles. The third-order valence-corrected chi connectivity index (χ3v) is 6.38. The number of benzene rings is 2. The number of nitrogens with zero attached hydrogens (tertiary/aromatic N) is 1. The van der Waals surface area contributed by atoms with Gasteiger partial charge in [0.05, 0.1) is 19.4 Å². The van der Waals surface area contributed by atoms with Crippen molar-refractivity contribution in [3.63, 3.8) is 0 Å². The predicted octanol–water partition coefficient (Wildman–Crippen LogP) is 5.58. The maximum atomic E-state index is 13.4. The van der Waals surface area contributed by atoms with Gasteiger partial charge in [0.2, 0.25) is 5.91 Å². The Hall–Kier alpha value is -2.79. The number of methoxy groups -OCH3 is 1. The van der Waals surface area contributed by atoms with Crippen LogP contribution in [0.4, 0.5) is 5.69 Å². The minimum Gasteiger partial charge on any atom is -0.495 e. The third kappa shape index (κ3) is 3.94. The molecule has 2 aliphatic rings. The minimum absolute atomic E-state index is 0.0487. The molecule has 0 spiro atoms. The molecule has 5 nitrogen and oxygen atoms in total. The molecule has 0 N–H and O–H groups in total. The van der Waals surface area contributed by atoms with E-state index in [0.29, 0.717) is 35.9 Å². The highest BCUT2D eigenvalue weighted by Gasteiger charge is 2.40. The van der Waals surface area contributed by atoms with Gasteiger partial charge in [0.1, 0.15) is 11.5 Å². The van der Waals surface area contributed by atoms with Crippen molar-refractivity contribution in [2.24, 2.45) is 0 Å². The zero-order chi connectivity index (χ0) is 22.1. The van der Waals surface area contributed by atoms with Crippen LogP contribution in [0.15, 0.2) is 47.7 Å². The summed E-state index contributed by atoms with van der Waals surface area (Å²) in [4.78, 5) is 28.2. The molecule has 2 aromatic rings. The van der Waals surface area contributed by atoms with E-state index in [2.05, 4.69) is 0 Å². The number of carbonyl (C=O) groups excluding carboxylic acids is 2. The Morgan fingerprint density at radius 1 is 1.13 bits per heavy atom. The van der Waals surface area contributed by atoms with Crippen molar-refractivity contribution >= 4 is 29.0 Å². The van der Waals surface area contributed by atoms with Gasteiger partial charge in [0.25, 0.3) is 0 Å². The van der Waals surface area contributed by atoms with Crippen molar-refractivity contribution in [1.82, 2.24) is 0 Å². The number of amides is 1. The maximum absolute atomic E-state index is 13.4. The van der Waals surface area contributed by atoms with Crippen molar-refractivity contribution in [1.29, 1.82) is 0 Å². The molecule has 31 heavy (non-hydrogen) atoms. The zero-order valence-corrected chi connectivity index (χ0v) is 18.8. The molecule has 0 radical (unpaired) electrons. The third-order valence-electron chi connectivity index (χ3n) is 5.97. The van der Waals surface area contributed by atoms with Crippen LogP contribution in [0.3, 0.4) is 0 Å². The summed E-state index contributed by atoms with van der Waals surface area (Å²) in [5, 5.41) is 0.575. The highest BCUT2D eigenvalue weighted by Crippen LogP contribution is 2.46. The van der Waals surface area contributed by atoms with Crippen LogP contribution >= 0.6 is 11.6 Å². The zero-order valence-electron chi connectivity index (χ0n) is 18.0. The van der Waals surface area contributed by atoms with E-state index in [9.17, 15) is 9.59 Å². The van der Waals surface area contributed by atoms with Gasteiger partial charge < -0.3 is 9.47 Å². The lowest BCUT2D eigenvalue weighted by Gasteiger charge is -2.39. The SMILES string of the molecule is CCOc1ccc(C2CC(=O)N(c3cc(C)c(Cl)cc3OC)C3=C2C(=O)CCC3)cc1. The fourth-order valence-electron chi connectivity index (χ4n) is 4.51. The Kier molecular flexibility index (Phi) is 6.05. The van der Waals surface area contributed by atoms with Crippen LogP contribution in [0, 0.1) is 6.92 Å². The molecule has 1 amide bonds. The summed E-state index contributed by atoms with van der Waals surface area (Å²) >= 11 is 6.28. The van der Waals surface area contributed by atoms with Crippen molar-refractivity contribution in [2.45, 2.75) is 45.4 Å². The highest BCUT2D eigenvalue weighted by atomic mass is 35.5. The van der Waals surface area contributed by atoms with Gasteiger partial charge in [-0.1, -0.05) is 23.7 Å². The van der Waals surface area contributed by atoms with Gasteiger partial charge in [0.15, 0.2) is 5.78 Å². The average molecular weight is 440 g/mol. The maximum Gasteiger partial charge on any atom is 0.232 e. The minimum atomic E-state index is -0.249. The molecule has 0 fully saturated rings. The summed E-state index contributed by atoms with van der Waals surface area (Å²) < 4.78 is 11.1. The number of halogens is 1. The van der Waals surface area contributed by atoms with Crippen LogP contribution in [0.25, 0.3) is 0 Å². The van der Waals surface area contributed by atoms with Gasteiger partial charge in [-0.25, -0.2) is 0 Å². The summed E-state index contributed by atoms with van der Waals surface area (Å²) in [6, 6.07) is 11.3. The van der Waals surface area contributed by atoms with Gasteiger partial charge in [-0.2, -0.15) is 0 Å². The van der Waals surface area contributed by atoms with Crippen LogP contribution in [-0.2, 0) is 9.59 Å². The molecule has 1 unspecified atom stereocenters. The van der Waals surface area contributed by atoms with Crippen molar-refractivity contribution in [3.05, 3.63) is 63.8 Å². The number of allylic oxidation sites excluding steroid dienone is 2. The first-order valence-corrected chi connectivity index (χ1v) is 11.0. The van der Waals surface area contributed by atoms with E-state index in [1.165, 1.54) is 0 Å². The smallest absolute Gasteiger partial charge is 0.232 e. The number of hydrogen-bond acceptors (Lipinski definition) is 4. The molecule has 0 saturated heterocycles. The standard InChI is InChI=1S/C25H26ClNO4/c1-4-31-17-10-8-16(9-11-17)18-13-24(29)27(20-6-5-7-22(28)25(18)20)21-12-15(2)19(26)14-23(21)30-3/h8-12,14,18H,4-7,13H2,1-3H3. The van der Waals surface area contributed by atoms with Crippen LogP contribution in [0.2, 0.25) is 5.02 Å². The molecule has 2 aromatic carbocycles. The van der Waals surface area contributed by atoms with Crippen LogP contribution < -0.4 is 14.4 Å². The molecule has 1 heterocycles. The molecule has 0 bridgehead atoms. The monoisotopic (exact) mass is 439 g/mol. The number of ketones is 1. The molecular formula is C25H26ClNO4. The molecule has 1 atom stereocenters. The lowest BCUT2D eigenvalue weighted by Crippen LogP contribution is -2.40. The van der Waals surface area contributed by atoms with Gasteiger partial charge in [-0.3, -0.25) is 14.5 Å². The van der Waals surface area contributed by atoms with Gasteiger partial charge in [0, 0.05) is 41.1 Å². The molecule has 1 aliphatic carbocycles. The van der Waals surface area contributed by atoms with Crippen LogP contribution in [-0.4, -0.2) is 25.4 Å². The number of hydrogen-bond donors (Lipinski definition) is 0. The average Bonchev–Trinajstić information content (AvgIpc) is 2.76. The Morgan fingerprint density at radius 3 is 2.55 bits per heavy atom. The summed E-state index contributed by atoms with van der Waals surface area (Å²) in [6.45, 7) is 4.42. The molecule has 0 aromatic heterocycles. The number of carbonyl (C=O) groups is 2. The fourth-order valence-corrected chi connectivity index (χ4v) is 4.66. The van der Waals surface area contributed by atoms with E-state index in [-0.39, 0.29) is 24.0 Å². The van der Waals surface area contributed by atoms with Crippen molar-refractivity contribution in [2.75, 3.05) is 18.6 Å². The highest BCUT2D eigenvalue weighted by molar-refractivity contribution is 6.31. The molecule has 4 rings (SSSR count). The van der Waals surface area contributed by atoms with Crippen LogP contribution in [0.5, 0.6) is 11.5 Å². The number of rotatable bonds is 5. The number of Topliss-reactive ketones (excluding diaryl/α,β-unsaturated/α-hetero) is 1. The first-order valence-electron chi connectivity index (χ1n) is 10.6. The van der Waals surface area contributed by atoms with E-state index in [4.69, 9.17) is 21.1 Å². The second kappa shape index (κ2) is 8.75. The second-order valence-electron chi connectivity index (χ2n) is 7.90. The Bertz CT molecular complexity index is 1060. The van der Waals surface area contributed by atoms with E-state index in [1.807, 2.05) is 44.2 Å². The first-order chi connectivity index (χ1) is 14.9. The fraction of sp³-hybridized carbons (Fsp3) is 0.360. The van der Waals surface area contributed by atoms with Gasteiger partial charge in [-0.05, 0) is 56.0 Å². The number of aryl methyl sites for hydroxylation is 1. The first kappa shape index (κ1) is 21.4. The van der Waals surface area contributed by atoms with Gasteiger partial charge in [-0.15, -0.1) is 0 Å². The summed E-state index contributed by atoms with van der Waals surface area (Å²) in [5.74, 6) is 1.12. The Balaban J connectivity index is 1.83. The van der Waals surface area contributed by atoms with Crippen molar-refractivity contribution < 1.29 is 19.1 Å². The van der Waals surface area contributed by atoms with E-state index >= 15 is 0 Å². The summed E-state index contributed by atoms with van der Waals surface area (Å²) in [7, 11) is 1.56. The number of anilines is 1. The lowest BCUT2D eigenvalue weighted by molar-refractivity contribution is -0.119. The lowest BCUT2D eigenvalue weighted by atomic mass is 9.77. The molecule has 6 heteroatoms. The van der Waals surface area contributed by atoms with Gasteiger partial charge >= 0.3 is 0 Å². The predicted molar refractivity (Wildman–Crippen MR) is 121 cm³/mol. The van der Waals surface area contributed by atoms with E-state index < -0.39 is 0 Å². The molecule has 0 saturated carbocycles. The quantitative estimate of drug-likeness (QED) is 0.610. The Morgan fingerprint density at radius 2 is 1.87 bits per heavy atom. The second-order valence-corrected chi connectivity index (χ2v) is 8.31. The summed E-state index contributed by atoms with van der Waals surface area (Å²) in [5.41, 5.74) is 3.97. The molecule has 162 valence electrons. The number of ether oxygens (including phenoxy) is 2. The van der Waals surface area contributed by atoms with Crippen molar-refractivity contribution in [3.8, 4) is 11.5 Å².